The number of nitrogens with one attached hydrogen (secondary N) is 2. The lowest BCUT2D eigenvalue weighted by Crippen LogP contribution is -2.44. The fraction of sp³-hybridized carbons (Fsp3) is 0.462. The zero-order chi connectivity index (χ0) is 14.6. The molecule has 1 fully saturated rings. The fourth-order valence-electron chi connectivity index (χ4n) is 2.28. The van der Waals surface area contributed by atoms with Crippen LogP contribution in [-0.4, -0.2) is 14.3 Å². The van der Waals surface area contributed by atoms with E-state index in [-0.39, 0.29) is 16.7 Å². The Morgan fingerprint density at radius 3 is 2.55 bits per heavy atom. The van der Waals surface area contributed by atoms with Gasteiger partial charge in [0, 0.05) is 10.4 Å². The molecule has 1 aromatic rings. The van der Waals surface area contributed by atoms with Crippen LogP contribution in [0.15, 0.2) is 33.6 Å². The molecule has 0 spiro atoms. The van der Waals surface area contributed by atoms with E-state index in [1.54, 1.807) is 12.1 Å². The molecule has 0 heterocycles. The van der Waals surface area contributed by atoms with E-state index < -0.39 is 10.0 Å². The third kappa shape index (κ3) is 4.04. The monoisotopic (exact) mass is 360 g/mol. The normalized spacial score (nSPS) is 16.9. The second kappa shape index (κ2) is 6.69. The van der Waals surface area contributed by atoms with Crippen LogP contribution in [0.2, 0.25) is 0 Å². The van der Waals surface area contributed by atoms with Crippen molar-refractivity contribution in [2.45, 2.75) is 37.0 Å². The second-order valence-corrected chi connectivity index (χ2v) is 7.49. The molecular weight excluding hydrogens is 344 g/mol. The van der Waals surface area contributed by atoms with Gasteiger partial charge in [0.1, 0.15) is 0 Å². The average molecular weight is 361 g/mol. The number of carbonyl (C=O) groups is 1. The molecule has 20 heavy (non-hydrogen) atoms. The first-order valence-corrected chi connectivity index (χ1v) is 8.84. The summed E-state index contributed by atoms with van der Waals surface area (Å²) in [6.07, 6.45) is 4.84. The van der Waals surface area contributed by atoms with Gasteiger partial charge in [-0.3, -0.25) is 10.2 Å². The summed E-state index contributed by atoms with van der Waals surface area (Å²) in [5, 5.41) is 0. The SMILES string of the molecule is O=C(NNS(=O)(=O)c1cccc(Br)c1)C1CCCCC1. The Morgan fingerprint density at radius 2 is 1.90 bits per heavy atom. The molecule has 110 valence electrons. The summed E-state index contributed by atoms with van der Waals surface area (Å²) in [6, 6.07) is 6.32. The summed E-state index contributed by atoms with van der Waals surface area (Å²) in [4.78, 5) is 14.2. The van der Waals surface area contributed by atoms with Gasteiger partial charge in [-0.25, -0.2) is 8.42 Å². The molecule has 2 N–H and O–H groups in total. The molecule has 0 aliphatic heterocycles. The number of rotatable bonds is 4. The van der Waals surface area contributed by atoms with E-state index in [1.165, 1.54) is 12.1 Å². The maximum Gasteiger partial charge on any atom is 0.257 e. The Kier molecular flexibility index (Phi) is 5.17. The zero-order valence-electron chi connectivity index (χ0n) is 10.9. The number of hydrazine groups is 1. The number of amides is 1. The molecule has 7 heteroatoms. The van der Waals surface area contributed by atoms with Gasteiger partial charge in [-0.15, -0.1) is 4.83 Å². The van der Waals surface area contributed by atoms with Gasteiger partial charge in [0.05, 0.1) is 4.90 Å². The summed E-state index contributed by atoms with van der Waals surface area (Å²) in [5.74, 6) is -0.336. The van der Waals surface area contributed by atoms with Crippen molar-refractivity contribution in [3.05, 3.63) is 28.7 Å². The van der Waals surface area contributed by atoms with Crippen molar-refractivity contribution < 1.29 is 13.2 Å². The van der Waals surface area contributed by atoms with E-state index in [4.69, 9.17) is 0 Å². The first-order chi connectivity index (χ1) is 9.49. The zero-order valence-corrected chi connectivity index (χ0v) is 13.3. The van der Waals surface area contributed by atoms with E-state index in [0.29, 0.717) is 4.47 Å². The van der Waals surface area contributed by atoms with Crippen molar-refractivity contribution in [1.82, 2.24) is 10.3 Å². The molecule has 1 aliphatic carbocycles. The third-order valence-electron chi connectivity index (χ3n) is 3.39. The van der Waals surface area contributed by atoms with Crippen molar-refractivity contribution in [2.24, 2.45) is 5.92 Å². The predicted molar refractivity (Wildman–Crippen MR) is 79.2 cm³/mol. The van der Waals surface area contributed by atoms with Crippen LogP contribution < -0.4 is 10.3 Å². The number of halogens is 1. The van der Waals surface area contributed by atoms with Crippen LogP contribution in [0.1, 0.15) is 32.1 Å². The van der Waals surface area contributed by atoms with E-state index in [0.717, 1.165) is 32.1 Å². The van der Waals surface area contributed by atoms with Crippen molar-refractivity contribution in [1.29, 1.82) is 0 Å². The van der Waals surface area contributed by atoms with Gasteiger partial charge in [-0.1, -0.05) is 41.3 Å². The summed E-state index contributed by atoms with van der Waals surface area (Å²) < 4.78 is 24.7. The third-order valence-corrected chi connectivity index (χ3v) is 5.13. The molecule has 1 saturated carbocycles. The second-order valence-electron chi connectivity index (χ2n) is 4.89. The smallest absolute Gasteiger partial charge is 0.257 e. The largest absolute Gasteiger partial charge is 0.277 e. The molecule has 0 atom stereocenters. The first kappa shape index (κ1) is 15.5. The van der Waals surface area contributed by atoms with Gasteiger partial charge in [0.15, 0.2) is 0 Å². The van der Waals surface area contributed by atoms with E-state index >= 15 is 0 Å². The van der Waals surface area contributed by atoms with E-state index in [1.807, 2.05) is 0 Å². The van der Waals surface area contributed by atoms with Gasteiger partial charge in [0.25, 0.3) is 10.0 Å². The Bertz CT molecular complexity index is 583. The summed E-state index contributed by atoms with van der Waals surface area (Å²) in [7, 11) is -3.73. The number of sulfonamides is 1. The standard InChI is InChI=1S/C13H17BrN2O3S/c14-11-7-4-8-12(9-11)20(18,19)16-15-13(17)10-5-2-1-3-6-10/h4,7-10,16H,1-3,5-6H2,(H,15,17). The van der Waals surface area contributed by atoms with Crippen LogP contribution in [0.4, 0.5) is 0 Å². The summed E-state index contributed by atoms with van der Waals surface area (Å²) in [5.41, 5.74) is 2.32. The van der Waals surface area contributed by atoms with Gasteiger partial charge in [-0.05, 0) is 31.0 Å². The van der Waals surface area contributed by atoms with Crippen LogP contribution in [0.25, 0.3) is 0 Å². The minimum Gasteiger partial charge on any atom is -0.277 e. The van der Waals surface area contributed by atoms with Crippen LogP contribution >= 0.6 is 15.9 Å². The fourth-order valence-corrected chi connectivity index (χ4v) is 3.72. The lowest BCUT2D eigenvalue weighted by molar-refractivity contribution is -0.126. The highest BCUT2D eigenvalue weighted by atomic mass is 79.9. The molecule has 0 unspecified atom stereocenters. The molecular formula is C13H17BrN2O3S. The summed E-state index contributed by atoms with van der Waals surface area (Å²) in [6.45, 7) is 0. The number of carbonyl (C=O) groups excluding carboxylic acids is 1. The molecule has 0 bridgehead atoms. The van der Waals surface area contributed by atoms with Crippen LogP contribution in [-0.2, 0) is 14.8 Å². The number of benzene rings is 1. The highest BCUT2D eigenvalue weighted by Crippen LogP contribution is 2.23. The Hall–Kier alpha value is -0.920. The predicted octanol–water partition coefficient (Wildman–Crippen LogP) is 2.34. The van der Waals surface area contributed by atoms with Crippen molar-refractivity contribution >= 4 is 31.9 Å². The van der Waals surface area contributed by atoms with Crippen LogP contribution in [0.5, 0.6) is 0 Å². The van der Waals surface area contributed by atoms with Gasteiger partial charge in [-0.2, -0.15) is 0 Å². The Balaban J connectivity index is 1.97. The number of hydrogen-bond acceptors (Lipinski definition) is 3. The maximum atomic E-state index is 12.0. The Morgan fingerprint density at radius 1 is 1.20 bits per heavy atom. The van der Waals surface area contributed by atoms with Crippen LogP contribution in [0.3, 0.4) is 0 Å². The maximum absolute atomic E-state index is 12.0. The molecule has 0 saturated heterocycles. The van der Waals surface area contributed by atoms with Crippen molar-refractivity contribution in [3.8, 4) is 0 Å². The molecule has 1 amide bonds. The van der Waals surface area contributed by atoms with Crippen LogP contribution in [0, 0.1) is 5.92 Å². The molecule has 5 nitrogen and oxygen atoms in total. The summed E-state index contributed by atoms with van der Waals surface area (Å²) >= 11 is 3.22. The Labute approximate surface area is 127 Å². The van der Waals surface area contributed by atoms with Gasteiger partial charge in [0.2, 0.25) is 5.91 Å². The first-order valence-electron chi connectivity index (χ1n) is 6.56. The minimum absolute atomic E-state index is 0.0889. The average Bonchev–Trinajstić information content (AvgIpc) is 2.46. The highest BCUT2D eigenvalue weighted by Gasteiger charge is 2.23. The van der Waals surface area contributed by atoms with E-state index in [9.17, 15) is 13.2 Å². The lowest BCUT2D eigenvalue weighted by Gasteiger charge is -2.20. The quantitative estimate of drug-likeness (QED) is 0.809. The molecule has 1 aliphatic rings. The number of hydrogen-bond donors (Lipinski definition) is 2. The molecule has 0 radical (unpaired) electrons. The molecule has 0 aromatic heterocycles. The van der Waals surface area contributed by atoms with Crippen molar-refractivity contribution in [2.75, 3.05) is 0 Å². The van der Waals surface area contributed by atoms with E-state index in [2.05, 4.69) is 26.2 Å². The van der Waals surface area contributed by atoms with Gasteiger partial charge < -0.3 is 0 Å². The highest BCUT2D eigenvalue weighted by molar-refractivity contribution is 9.10. The molecule has 1 aromatic carbocycles. The van der Waals surface area contributed by atoms with Gasteiger partial charge >= 0.3 is 0 Å². The minimum atomic E-state index is -3.73. The lowest BCUT2D eigenvalue weighted by atomic mass is 9.89. The topological polar surface area (TPSA) is 75.3 Å². The molecule has 2 rings (SSSR count). The van der Waals surface area contributed by atoms with Crippen molar-refractivity contribution in [3.63, 3.8) is 0 Å².